The van der Waals surface area contributed by atoms with Crippen molar-refractivity contribution in [3.63, 3.8) is 0 Å². The summed E-state index contributed by atoms with van der Waals surface area (Å²) in [7, 11) is 0. The number of thiazole rings is 1. The van der Waals surface area contributed by atoms with Gasteiger partial charge in [-0.1, -0.05) is 23.5 Å². The quantitative estimate of drug-likeness (QED) is 0.471. The van der Waals surface area contributed by atoms with Gasteiger partial charge in [-0.3, -0.25) is 14.7 Å². The maximum Gasteiger partial charge on any atom is 0.234 e. The molecule has 0 fully saturated rings. The molecule has 4 aromatic rings. The minimum atomic E-state index is 0.0498. The maximum atomic E-state index is 13.1. The van der Waals surface area contributed by atoms with Crippen molar-refractivity contribution in [3.05, 3.63) is 75.7 Å². The predicted octanol–water partition coefficient (Wildman–Crippen LogP) is 5.15. The molecule has 1 amide bonds. The molecular formula is C21H19N3OS2. The van der Waals surface area contributed by atoms with E-state index in [1.165, 1.54) is 11.1 Å². The normalized spacial score (nSPS) is 11.0. The summed E-state index contributed by atoms with van der Waals surface area (Å²) in [6.45, 7) is 4.66. The van der Waals surface area contributed by atoms with Crippen LogP contribution in [0.5, 0.6) is 0 Å². The highest BCUT2D eigenvalue weighted by Gasteiger charge is 2.21. The van der Waals surface area contributed by atoms with Crippen molar-refractivity contribution in [2.75, 3.05) is 4.90 Å². The van der Waals surface area contributed by atoms with E-state index in [9.17, 15) is 4.79 Å². The lowest BCUT2D eigenvalue weighted by Gasteiger charge is -2.19. The Balaban J connectivity index is 1.71. The summed E-state index contributed by atoms with van der Waals surface area (Å²) in [5.41, 5.74) is 4.38. The molecule has 0 unspecified atom stereocenters. The molecule has 136 valence electrons. The summed E-state index contributed by atoms with van der Waals surface area (Å²) in [6, 6.07) is 12.1. The van der Waals surface area contributed by atoms with Crippen molar-refractivity contribution in [1.29, 1.82) is 0 Å². The number of pyridine rings is 1. The first-order valence-corrected chi connectivity index (χ1v) is 10.4. The van der Waals surface area contributed by atoms with Crippen LogP contribution in [0.4, 0.5) is 5.13 Å². The van der Waals surface area contributed by atoms with Gasteiger partial charge >= 0.3 is 0 Å². The van der Waals surface area contributed by atoms with Gasteiger partial charge in [0.15, 0.2) is 5.13 Å². The zero-order chi connectivity index (χ0) is 18.8. The zero-order valence-electron chi connectivity index (χ0n) is 15.2. The predicted molar refractivity (Wildman–Crippen MR) is 113 cm³/mol. The standard InChI is InChI=1S/C21H19N3OS2/c1-14-9-18-19(10-15(14)2)27-21(23-18)24(13-16-5-3-7-22-12-16)20(25)11-17-6-4-8-26-17/h3-10,12H,11,13H2,1-2H3. The van der Waals surface area contributed by atoms with Crippen molar-refractivity contribution in [3.8, 4) is 0 Å². The second-order valence-corrected chi connectivity index (χ2v) is 8.54. The lowest BCUT2D eigenvalue weighted by Crippen LogP contribution is -2.31. The highest BCUT2D eigenvalue weighted by atomic mass is 32.1. The van der Waals surface area contributed by atoms with Gasteiger partial charge < -0.3 is 0 Å². The first-order valence-electron chi connectivity index (χ1n) is 8.69. The fraction of sp³-hybridized carbons (Fsp3) is 0.190. The van der Waals surface area contributed by atoms with Crippen LogP contribution in [-0.2, 0) is 17.8 Å². The highest BCUT2D eigenvalue weighted by molar-refractivity contribution is 7.22. The SMILES string of the molecule is Cc1cc2nc(N(Cc3cccnc3)C(=O)Cc3cccs3)sc2cc1C. The molecule has 0 atom stereocenters. The molecule has 3 heterocycles. The molecule has 0 saturated carbocycles. The van der Waals surface area contributed by atoms with E-state index in [0.29, 0.717) is 13.0 Å². The van der Waals surface area contributed by atoms with Gasteiger partial charge in [0.1, 0.15) is 0 Å². The van der Waals surface area contributed by atoms with Crippen LogP contribution in [-0.4, -0.2) is 15.9 Å². The lowest BCUT2D eigenvalue weighted by atomic mass is 10.1. The number of nitrogens with zero attached hydrogens (tertiary/aromatic N) is 3. The largest absolute Gasteiger partial charge is 0.283 e. The number of anilines is 1. The van der Waals surface area contributed by atoms with Crippen molar-refractivity contribution in [2.24, 2.45) is 0 Å². The Morgan fingerprint density at radius 2 is 2.00 bits per heavy atom. The van der Waals surface area contributed by atoms with Gasteiger partial charge in [-0.15, -0.1) is 11.3 Å². The first-order chi connectivity index (χ1) is 13.1. The Morgan fingerprint density at radius 1 is 1.15 bits per heavy atom. The number of rotatable bonds is 5. The van der Waals surface area contributed by atoms with Crippen LogP contribution in [0.25, 0.3) is 10.2 Å². The van der Waals surface area contributed by atoms with Crippen LogP contribution in [0.15, 0.2) is 54.2 Å². The number of thiophene rings is 1. The topological polar surface area (TPSA) is 46.1 Å². The Kier molecular flexibility index (Phi) is 5.01. The molecule has 27 heavy (non-hydrogen) atoms. The van der Waals surface area contributed by atoms with Crippen molar-refractivity contribution >= 4 is 43.9 Å². The molecule has 1 aromatic carbocycles. The zero-order valence-corrected chi connectivity index (χ0v) is 16.8. The van der Waals surface area contributed by atoms with E-state index >= 15 is 0 Å². The Labute approximate surface area is 166 Å². The maximum absolute atomic E-state index is 13.1. The van der Waals surface area contributed by atoms with Crippen molar-refractivity contribution in [2.45, 2.75) is 26.8 Å². The van der Waals surface area contributed by atoms with Gasteiger partial charge in [0.2, 0.25) is 5.91 Å². The number of carbonyl (C=O) groups is 1. The highest BCUT2D eigenvalue weighted by Crippen LogP contribution is 2.32. The minimum Gasteiger partial charge on any atom is -0.283 e. The van der Waals surface area contributed by atoms with E-state index in [2.05, 4.69) is 31.0 Å². The summed E-state index contributed by atoms with van der Waals surface area (Å²) in [5, 5.41) is 2.73. The van der Waals surface area contributed by atoms with Gasteiger partial charge in [-0.25, -0.2) is 4.98 Å². The molecule has 0 spiro atoms. The summed E-state index contributed by atoms with van der Waals surface area (Å²) in [5.74, 6) is 0.0498. The number of hydrogen-bond acceptors (Lipinski definition) is 5. The molecule has 0 radical (unpaired) electrons. The first kappa shape index (κ1) is 17.8. The number of aromatic nitrogens is 2. The van der Waals surface area contributed by atoms with Crippen LogP contribution in [0.3, 0.4) is 0 Å². The summed E-state index contributed by atoms with van der Waals surface area (Å²) >= 11 is 3.17. The van der Waals surface area contributed by atoms with Crippen molar-refractivity contribution < 1.29 is 4.79 Å². The Morgan fingerprint density at radius 3 is 2.74 bits per heavy atom. The Bertz CT molecular complexity index is 1030. The second-order valence-electron chi connectivity index (χ2n) is 6.50. The van der Waals surface area contributed by atoms with Crippen molar-refractivity contribution in [1.82, 2.24) is 9.97 Å². The summed E-state index contributed by atoms with van der Waals surface area (Å²) < 4.78 is 1.10. The molecule has 6 heteroatoms. The number of fused-ring (bicyclic) bond motifs is 1. The third kappa shape index (κ3) is 3.91. The number of hydrogen-bond donors (Lipinski definition) is 0. The fourth-order valence-electron chi connectivity index (χ4n) is 2.88. The van der Waals surface area contributed by atoms with Gasteiger partial charge in [0.05, 0.1) is 23.2 Å². The molecule has 0 N–H and O–H groups in total. The van der Waals surface area contributed by atoms with Crippen LogP contribution in [0, 0.1) is 13.8 Å². The van der Waals surface area contributed by atoms with Crippen LogP contribution < -0.4 is 4.90 Å². The third-order valence-electron chi connectivity index (χ3n) is 4.49. The van der Waals surface area contributed by atoms with E-state index in [-0.39, 0.29) is 5.91 Å². The second kappa shape index (κ2) is 7.58. The average Bonchev–Trinajstić information content (AvgIpc) is 3.30. The van der Waals surface area contributed by atoms with Gasteiger partial charge in [-0.05, 0) is 60.2 Å². The summed E-state index contributed by atoms with van der Waals surface area (Å²) in [4.78, 5) is 24.9. The van der Waals surface area contributed by atoms with Gasteiger partial charge in [-0.2, -0.15) is 0 Å². The molecule has 0 aliphatic rings. The van der Waals surface area contributed by atoms with E-state index in [1.807, 2.05) is 29.6 Å². The molecule has 4 nitrogen and oxygen atoms in total. The van der Waals surface area contributed by atoms with Crippen LogP contribution in [0.2, 0.25) is 0 Å². The molecule has 0 bridgehead atoms. The monoisotopic (exact) mass is 393 g/mol. The number of benzene rings is 1. The molecule has 0 aliphatic carbocycles. The molecule has 0 aliphatic heterocycles. The smallest absolute Gasteiger partial charge is 0.234 e. The van der Waals surface area contributed by atoms with E-state index in [0.717, 1.165) is 25.8 Å². The van der Waals surface area contributed by atoms with Gasteiger partial charge in [0, 0.05) is 17.3 Å². The summed E-state index contributed by atoms with van der Waals surface area (Å²) in [6.07, 6.45) is 3.92. The minimum absolute atomic E-state index is 0.0498. The average molecular weight is 394 g/mol. The van der Waals surface area contributed by atoms with E-state index in [4.69, 9.17) is 4.98 Å². The number of carbonyl (C=O) groups excluding carboxylic acids is 1. The lowest BCUT2D eigenvalue weighted by molar-refractivity contribution is -0.118. The van der Waals surface area contributed by atoms with Gasteiger partial charge in [0.25, 0.3) is 0 Å². The number of aryl methyl sites for hydroxylation is 2. The van der Waals surface area contributed by atoms with Crippen LogP contribution in [0.1, 0.15) is 21.6 Å². The molecule has 4 rings (SSSR count). The fourth-order valence-corrected chi connectivity index (χ4v) is 4.64. The third-order valence-corrected chi connectivity index (χ3v) is 6.41. The van der Waals surface area contributed by atoms with E-state index < -0.39 is 0 Å². The molecular weight excluding hydrogens is 374 g/mol. The molecule has 3 aromatic heterocycles. The molecule has 0 saturated heterocycles. The van der Waals surface area contributed by atoms with E-state index in [1.54, 1.807) is 40.0 Å². The van der Waals surface area contributed by atoms with Crippen LogP contribution >= 0.6 is 22.7 Å². The number of amides is 1. The Hall–Kier alpha value is -2.57.